The molecular weight excluding hydrogens is 366 g/mol. The van der Waals surface area contributed by atoms with E-state index in [4.69, 9.17) is 26.0 Å². The Kier molecular flexibility index (Phi) is 4.69. The molecule has 0 radical (unpaired) electrons. The predicted molar refractivity (Wildman–Crippen MR) is 83.9 cm³/mol. The number of halogens is 1. The van der Waals surface area contributed by atoms with Gasteiger partial charge in [0.15, 0.2) is 0 Å². The van der Waals surface area contributed by atoms with E-state index in [9.17, 15) is 16.8 Å². The van der Waals surface area contributed by atoms with Crippen molar-refractivity contribution in [2.75, 3.05) is 0 Å². The van der Waals surface area contributed by atoms with Crippen LogP contribution in [0.25, 0.3) is 0 Å². The van der Waals surface area contributed by atoms with Crippen LogP contribution >= 0.6 is 11.6 Å². The lowest BCUT2D eigenvalue weighted by molar-refractivity contribution is 0.461. The van der Waals surface area contributed by atoms with E-state index in [1.54, 1.807) is 31.2 Å². The van der Waals surface area contributed by atoms with Crippen molar-refractivity contribution in [2.24, 2.45) is 5.14 Å². The van der Waals surface area contributed by atoms with Gasteiger partial charge < -0.3 is 4.74 Å². The molecule has 0 aliphatic heterocycles. The lowest BCUT2D eigenvalue weighted by Gasteiger charge is -2.13. The summed E-state index contributed by atoms with van der Waals surface area (Å²) in [5, 5.41) is 4.68. The molecular formula is C13H12ClNO6S2. The normalized spacial score (nSPS) is 12.2. The van der Waals surface area contributed by atoms with Crippen molar-refractivity contribution in [3.63, 3.8) is 0 Å². The average Bonchev–Trinajstić information content (AvgIpc) is 2.38. The van der Waals surface area contributed by atoms with Crippen LogP contribution in [-0.4, -0.2) is 21.4 Å². The fraction of sp³-hybridized carbons (Fsp3) is 0.0769. The molecule has 0 amide bonds. The summed E-state index contributed by atoms with van der Waals surface area (Å²) in [5.74, 6) is 0.0901. The number of sulfonamides is 1. The summed E-state index contributed by atoms with van der Waals surface area (Å²) in [4.78, 5) is -1.39. The zero-order valence-electron chi connectivity index (χ0n) is 11.7. The molecule has 0 bridgehead atoms. The highest BCUT2D eigenvalue weighted by Crippen LogP contribution is 2.36. The molecule has 23 heavy (non-hydrogen) atoms. The second kappa shape index (κ2) is 6.10. The molecule has 0 spiro atoms. The third-order valence-electron chi connectivity index (χ3n) is 2.90. The molecule has 124 valence electrons. The number of ether oxygens (including phenoxy) is 1. The van der Waals surface area contributed by atoms with Crippen molar-refractivity contribution in [1.82, 2.24) is 0 Å². The van der Waals surface area contributed by atoms with Gasteiger partial charge in [-0.25, -0.2) is 13.6 Å². The van der Waals surface area contributed by atoms with Gasteiger partial charge in [0.05, 0.1) is 5.02 Å². The van der Waals surface area contributed by atoms with E-state index in [0.29, 0.717) is 17.4 Å². The Morgan fingerprint density at radius 1 is 1.04 bits per heavy atom. The van der Waals surface area contributed by atoms with Crippen LogP contribution in [0.2, 0.25) is 5.02 Å². The molecule has 0 saturated carbocycles. The second-order valence-corrected chi connectivity index (χ2v) is 7.94. The van der Waals surface area contributed by atoms with Crippen molar-refractivity contribution < 1.29 is 26.1 Å². The highest BCUT2D eigenvalue weighted by atomic mass is 35.5. The zero-order valence-corrected chi connectivity index (χ0v) is 14.1. The van der Waals surface area contributed by atoms with Crippen LogP contribution in [0.3, 0.4) is 0 Å². The monoisotopic (exact) mass is 377 g/mol. The molecule has 3 N–H and O–H groups in total. The summed E-state index contributed by atoms with van der Waals surface area (Å²) in [5.41, 5.74) is 0.711. The first kappa shape index (κ1) is 17.7. The van der Waals surface area contributed by atoms with Gasteiger partial charge in [-0.1, -0.05) is 29.8 Å². The molecule has 0 saturated heterocycles. The molecule has 0 atom stereocenters. The Morgan fingerprint density at radius 3 is 2.17 bits per heavy atom. The molecule has 2 aromatic rings. The van der Waals surface area contributed by atoms with Crippen LogP contribution in [0, 0.1) is 6.92 Å². The lowest BCUT2D eigenvalue weighted by atomic mass is 10.2. The van der Waals surface area contributed by atoms with Gasteiger partial charge in [0.2, 0.25) is 10.0 Å². The number of para-hydroxylation sites is 1. The Morgan fingerprint density at radius 2 is 1.65 bits per heavy atom. The number of rotatable bonds is 4. The van der Waals surface area contributed by atoms with E-state index in [1.165, 1.54) is 0 Å². The number of benzene rings is 2. The van der Waals surface area contributed by atoms with Gasteiger partial charge in [0.25, 0.3) is 10.1 Å². The molecule has 7 nitrogen and oxygen atoms in total. The van der Waals surface area contributed by atoms with E-state index in [0.717, 1.165) is 6.07 Å². The SMILES string of the molecule is Cc1ccccc1Oc1cc(Cl)c(S(=O)(=O)O)cc1S(N)(=O)=O. The first-order valence-corrected chi connectivity index (χ1v) is 9.44. The number of aryl methyl sites for hydroxylation is 1. The van der Waals surface area contributed by atoms with Crippen LogP contribution in [0.1, 0.15) is 5.56 Å². The topological polar surface area (TPSA) is 124 Å². The molecule has 0 aliphatic rings. The first-order chi connectivity index (χ1) is 10.5. The summed E-state index contributed by atoms with van der Waals surface area (Å²) in [6.07, 6.45) is 0. The standard InChI is InChI=1S/C13H12ClNO6S2/c1-8-4-2-3-5-10(8)21-11-6-9(14)12(23(18,19)20)7-13(11)22(15,16)17/h2-7H,1H3,(H2,15,16,17)(H,18,19,20). The first-order valence-electron chi connectivity index (χ1n) is 6.07. The van der Waals surface area contributed by atoms with Gasteiger partial charge in [-0.2, -0.15) is 8.42 Å². The van der Waals surface area contributed by atoms with E-state index in [1.807, 2.05) is 0 Å². The average molecular weight is 378 g/mol. The fourth-order valence-corrected chi connectivity index (χ4v) is 3.56. The van der Waals surface area contributed by atoms with Crippen LogP contribution < -0.4 is 9.88 Å². The fourth-order valence-electron chi connectivity index (χ4n) is 1.81. The molecule has 2 rings (SSSR count). The Hall–Kier alpha value is -1.65. The van der Waals surface area contributed by atoms with Crippen molar-refractivity contribution in [2.45, 2.75) is 16.7 Å². The van der Waals surface area contributed by atoms with Crippen molar-refractivity contribution in [3.05, 3.63) is 47.0 Å². The highest BCUT2D eigenvalue weighted by Gasteiger charge is 2.24. The highest BCUT2D eigenvalue weighted by molar-refractivity contribution is 7.89. The lowest BCUT2D eigenvalue weighted by Crippen LogP contribution is -2.14. The second-order valence-electron chi connectivity index (χ2n) is 4.62. The van der Waals surface area contributed by atoms with Crippen molar-refractivity contribution in [1.29, 1.82) is 0 Å². The number of nitrogens with two attached hydrogens (primary N) is 1. The Balaban J connectivity index is 2.69. The van der Waals surface area contributed by atoms with Crippen LogP contribution in [-0.2, 0) is 20.1 Å². The predicted octanol–water partition coefficient (Wildman–Crippen LogP) is 2.33. The van der Waals surface area contributed by atoms with Gasteiger partial charge in [-0.3, -0.25) is 4.55 Å². The maximum Gasteiger partial charge on any atom is 0.296 e. The third-order valence-corrected chi connectivity index (χ3v) is 5.15. The molecule has 0 aliphatic carbocycles. The van der Waals surface area contributed by atoms with Crippen LogP contribution in [0.5, 0.6) is 11.5 Å². The van der Waals surface area contributed by atoms with Gasteiger partial charge in [-0.15, -0.1) is 0 Å². The molecule has 0 aromatic heterocycles. The molecule has 0 heterocycles. The van der Waals surface area contributed by atoms with Gasteiger partial charge in [0.1, 0.15) is 21.3 Å². The minimum atomic E-state index is -4.72. The van der Waals surface area contributed by atoms with Gasteiger partial charge in [-0.05, 0) is 24.6 Å². The maximum atomic E-state index is 11.7. The van der Waals surface area contributed by atoms with E-state index in [2.05, 4.69) is 0 Å². The zero-order chi connectivity index (χ0) is 17.4. The van der Waals surface area contributed by atoms with Crippen LogP contribution in [0.4, 0.5) is 0 Å². The van der Waals surface area contributed by atoms with Crippen LogP contribution in [0.15, 0.2) is 46.2 Å². The largest absolute Gasteiger partial charge is 0.456 e. The Bertz CT molecular complexity index is 970. The molecule has 0 unspecified atom stereocenters. The summed E-state index contributed by atoms with van der Waals surface area (Å²) in [7, 11) is -9.05. The van der Waals surface area contributed by atoms with Crippen molar-refractivity contribution >= 4 is 31.7 Å². The van der Waals surface area contributed by atoms with Gasteiger partial charge in [0, 0.05) is 6.07 Å². The minimum absolute atomic E-state index is 0.251. The smallest absolute Gasteiger partial charge is 0.296 e. The summed E-state index contributed by atoms with van der Waals surface area (Å²) < 4.78 is 60.5. The van der Waals surface area contributed by atoms with Gasteiger partial charge >= 0.3 is 0 Å². The summed E-state index contributed by atoms with van der Waals surface area (Å²) in [6.45, 7) is 1.74. The molecule has 0 fully saturated rings. The quantitative estimate of drug-likeness (QED) is 0.788. The summed E-state index contributed by atoms with van der Waals surface area (Å²) in [6, 6.07) is 8.38. The Labute approximate surface area is 138 Å². The maximum absolute atomic E-state index is 11.7. The number of primary sulfonamides is 1. The van der Waals surface area contributed by atoms with E-state index >= 15 is 0 Å². The molecule has 10 heteroatoms. The number of hydrogen-bond donors (Lipinski definition) is 2. The van der Waals surface area contributed by atoms with E-state index < -0.39 is 35.0 Å². The summed E-state index contributed by atoms with van der Waals surface area (Å²) >= 11 is 5.79. The third kappa shape index (κ3) is 4.01. The molecule has 2 aromatic carbocycles. The number of hydrogen-bond acceptors (Lipinski definition) is 5. The minimum Gasteiger partial charge on any atom is -0.456 e. The van der Waals surface area contributed by atoms with E-state index in [-0.39, 0.29) is 5.75 Å². The van der Waals surface area contributed by atoms with Crippen molar-refractivity contribution in [3.8, 4) is 11.5 Å².